The van der Waals surface area contributed by atoms with E-state index in [9.17, 15) is 22.8 Å². The van der Waals surface area contributed by atoms with Crippen molar-refractivity contribution < 1.29 is 27.2 Å². The van der Waals surface area contributed by atoms with Gasteiger partial charge in [-0.05, 0) is 31.2 Å². The number of nitrogens with one attached hydrogen (secondary N) is 1. The summed E-state index contributed by atoms with van der Waals surface area (Å²) in [6.07, 6.45) is 0. The third-order valence-corrected chi connectivity index (χ3v) is 5.37. The number of benzene rings is 2. The van der Waals surface area contributed by atoms with Gasteiger partial charge in [-0.2, -0.15) is 0 Å². The molecule has 3 aromatic rings. The van der Waals surface area contributed by atoms with Crippen LogP contribution in [0, 0.1) is 0 Å². The SMILES string of the molecule is COC(=O)Cn1c(=O)oc2cc(S(=O)(=O)Nc3cccc(C(C)=O)c3)ccc21. The highest BCUT2D eigenvalue weighted by Gasteiger charge is 2.19. The van der Waals surface area contributed by atoms with Gasteiger partial charge < -0.3 is 9.15 Å². The Morgan fingerprint density at radius 2 is 1.93 bits per heavy atom. The van der Waals surface area contributed by atoms with E-state index in [4.69, 9.17) is 4.42 Å². The second-order valence-electron chi connectivity index (χ2n) is 5.90. The number of ketones is 1. The molecule has 0 saturated carbocycles. The molecule has 1 N–H and O–H groups in total. The molecule has 0 aliphatic rings. The second kappa shape index (κ2) is 7.31. The Morgan fingerprint density at radius 1 is 1.18 bits per heavy atom. The summed E-state index contributed by atoms with van der Waals surface area (Å²) in [6, 6.07) is 9.89. The molecule has 0 amide bonds. The summed E-state index contributed by atoms with van der Waals surface area (Å²) < 4.78 is 38.3. The number of anilines is 1. The number of sulfonamides is 1. The van der Waals surface area contributed by atoms with Crippen LogP contribution in [0.4, 0.5) is 5.69 Å². The molecule has 0 fully saturated rings. The van der Waals surface area contributed by atoms with Crippen molar-refractivity contribution in [2.75, 3.05) is 11.8 Å². The van der Waals surface area contributed by atoms with Crippen molar-refractivity contribution in [2.24, 2.45) is 0 Å². The van der Waals surface area contributed by atoms with E-state index in [1.54, 1.807) is 12.1 Å². The van der Waals surface area contributed by atoms with Crippen LogP contribution in [0.5, 0.6) is 0 Å². The number of aromatic nitrogens is 1. The maximum Gasteiger partial charge on any atom is 0.420 e. The quantitative estimate of drug-likeness (QED) is 0.490. The topological polar surface area (TPSA) is 125 Å². The van der Waals surface area contributed by atoms with Gasteiger partial charge in [-0.3, -0.25) is 18.9 Å². The van der Waals surface area contributed by atoms with Crippen LogP contribution in [0.2, 0.25) is 0 Å². The first-order chi connectivity index (χ1) is 13.2. The number of rotatable bonds is 6. The average Bonchev–Trinajstić information content (AvgIpc) is 2.96. The summed E-state index contributed by atoms with van der Waals surface area (Å²) in [5.74, 6) is -1.65. The average molecular weight is 404 g/mol. The predicted octanol–water partition coefficient (Wildman–Crippen LogP) is 1.77. The number of carbonyl (C=O) groups excluding carboxylic acids is 2. The zero-order valence-corrected chi connectivity index (χ0v) is 15.8. The molecular formula is C18H16N2O7S. The molecule has 1 heterocycles. The number of hydrogen-bond acceptors (Lipinski definition) is 7. The predicted molar refractivity (Wildman–Crippen MR) is 99.7 cm³/mol. The molecule has 28 heavy (non-hydrogen) atoms. The van der Waals surface area contributed by atoms with Crippen molar-refractivity contribution in [1.29, 1.82) is 0 Å². The maximum atomic E-state index is 12.6. The van der Waals surface area contributed by atoms with E-state index in [0.717, 1.165) is 4.57 Å². The van der Waals surface area contributed by atoms with Gasteiger partial charge in [0, 0.05) is 17.3 Å². The number of nitrogens with zero attached hydrogens (tertiary/aromatic N) is 1. The molecule has 0 atom stereocenters. The Balaban J connectivity index is 1.96. The Kier molecular flexibility index (Phi) is 5.06. The number of hydrogen-bond donors (Lipinski definition) is 1. The van der Waals surface area contributed by atoms with Crippen LogP contribution in [0.3, 0.4) is 0 Å². The lowest BCUT2D eigenvalue weighted by Gasteiger charge is -2.09. The molecule has 0 aliphatic carbocycles. The van der Waals surface area contributed by atoms with Gasteiger partial charge >= 0.3 is 11.7 Å². The molecule has 2 aromatic carbocycles. The van der Waals surface area contributed by atoms with Gasteiger partial charge in [-0.15, -0.1) is 0 Å². The number of oxazole rings is 1. The summed E-state index contributed by atoms with van der Waals surface area (Å²) in [4.78, 5) is 34.7. The summed E-state index contributed by atoms with van der Waals surface area (Å²) >= 11 is 0. The Bertz CT molecular complexity index is 1240. The lowest BCUT2D eigenvalue weighted by atomic mass is 10.1. The van der Waals surface area contributed by atoms with Crippen LogP contribution in [-0.2, 0) is 26.1 Å². The van der Waals surface area contributed by atoms with Gasteiger partial charge in [0.25, 0.3) is 10.0 Å². The van der Waals surface area contributed by atoms with Gasteiger partial charge in [-0.1, -0.05) is 12.1 Å². The number of esters is 1. The van der Waals surface area contributed by atoms with Crippen molar-refractivity contribution in [1.82, 2.24) is 4.57 Å². The zero-order chi connectivity index (χ0) is 20.5. The third kappa shape index (κ3) is 3.81. The van der Waals surface area contributed by atoms with E-state index in [0.29, 0.717) is 5.56 Å². The molecule has 9 nitrogen and oxygen atoms in total. The molecule has 10 heteroatoms. The smallest absolute Gasteiger partial charge is 0.420 e. The van der Waals surface area contributed by atoms with Crippen LogP contribution in [0.15, 0.2) is 56.6 Å². The number of ether oxygens (including phenoxy) is 1. The highest BCUT2D eigenvalue weighted by Crippen LogP contribution is 2.22. The third-order valence-electron chi connectivity index (χ3n) is 3.99. The Hall–Kier alpha value is -3.40. The van der Waals surface area contributed by atoms with E-state index < -0.39 is 21.7 Å². The first-order valence-corrected chi connectivity index (χ1v) is 9.53. The molecule has 0 bridgehead atoms. The first kappa shape index (κ1) is 19.4. The van der Waals surface area contributed by atoms with Gasteiger partial charge in [-0.25, -0.2) is 13.2 Å². The van der Waals surface area contributed by atoms with Crippen LogP contribution in [0.1, 0.15) is 17.3 Å². The minimum Gasteiger partial charge on any atom is -0.468 e. The molecule has 0 unspecified atom stereocenters. The number of fused-ring (bicyclic) bond motifs is 1. The van der Waals surface area contributed by atoms with E-state index in [1.807, 2.05) is 0 Å². The standard InChI is InChI=1S/C18H16N2O7S/c1-11(21)12-4-3-5-13(8-12)19-28(24,25)14-6-7-15-16(9-14)27-18(23)20(15)10-17(22)26-2/h3-9,19H,10H2,1-2H3. The van der Waals surface area contributed by atoms with Gasteiger partial charge in [0.2, 0.25) is 0 Å². The number of carbonyl (C=O) groups is 2. The normalized spacial score (nSPS) is 11.4. The van der Waals surface area contributed by atoms with E-state index in [1.165, 1.54) is 44.4 Å². The molecule has 0 radical (unpaired) electrons. The molecule has 1 aromatic heterocycles. The van der Waals surface area contributed by atoms with Crippen LogP contribution >= 0.6 is 0 Å². The summed E-state index contributed by atoms with van der Waals surface area (Å²) in [6.45, 7) is 1.02. The van der Waals surface area contributed by atoms with Crippen molar-refractivity contribution in [3.63, 3.8) is 0 Å². The summed E-state index contributed by atoms with van der Waals surface area (Å²) in [5.41, 5.74) is 0.848. The van der Waals surface area contributed by atoms with Gasteiger partial charge in [0.05, 0.1) is 17.5 Å². The number of methoxy groups -OCH3 is 1. The molecular weight excluding hydrogens is 388 g/mol. The minimum atomic E-state index is -4.00. The first-order valence-electron chi connectivity index (χ1n) is 8.05. The largest absolute Gasteiger partial charge is 0.468 e. The van der Waals surface area contributed by atoms with Crippen molar-refractivity contribution in [3.05, 3.63) is 58.6 Å². The fraction of sp³-hybridized carbons (Fsp3) is 0.167. The van der Waals surface area contributed by atoms with E-state index >= 15 is 0 Å². The van der Waals surface area contributed by atoms with E-state index in [-0.39, 0.29) is 34.0 Å². The molecule has 146 valence electrons. The van der Waals surface area contributed by atoms with Crippen molar-refractivity contribution >= 4 is 38.6 Å². The van der Waals surface area contributed by atoms with Crippen molar-refractivity contribution in [2.45, 2.75) is 18.4 Å². The van der Waals surface area contributed by atoms with Crippen LogP contribution < -0.4 is 10.5 Å². The Labute approximate surface area is 159 Å². The fourth-order valence-corrected chi connectivity index (χ4v) is 3.64. The zero-order valence-electron chi connectivity index (χ0n) is 15.0. The molecule has 0 saturated heterocycles. The minimum absolute atomic E-state index is 0.00858. The molecule has 0 aliphatic heterocycles. The maximum absolute atomic E-state index is 12.6. The number of Topliss-reactive ketones (excluding diaryl/α,β-unsaturated/α-hetero) is 1. The van der Waals surface area contributed by atoms with Gasteiger partial charge in [0.1, 0.15) is 6.54 Å². The second-order valence-corrected chi connectivity index (χ2v) is 7.58. The van der Waals surface area contributed by atoms with Crippen LogP contribution in [-0.4, -0.2) is 31.8 Å². The van der Waals surface area contributed by atoms with Crippen molar-refractivity contribution in [3.8, 4) is 0 Å². The molecule has 0 spiro atoms. The monoisotopic (exact) mass is 404 g/mol. The summed E-state index contributed by atoms with van der Waals surface area (Å²) in [5, 5.41) is 0. The Morgan fingerprint density at radius 3 is 2.61 bits per heavy atom. The molecule has 3 rings (SSSR count). The summed E-state index contributed by atoms with van der Waals surface area (Å²) in [7, 11) is -2.82. The fourth-order valence-electron chi connectivity index (χ4n) is 2.57. The highest BCUT2D eigenvalue weighted by atomic mass is 32.2. The lowest BCUT2D eigenvalue weighted by Crippen LogP contribution is -2.20. The lowest BCUT2D eigenvalue weighted by molar-refractivity contribution is -0.141. The van der Waals surface area contributed by atoms with E-state index in [2.05, 4.69) is 9.46 Å². The highest BCUT2D eigenvalue weighted by molar-refractivity contribution is 7.92. The van der Waals surface area contributed by atoms with Gasteiger partial charge in [0.15, 0.2) is 11.4 Å². The van der Waals surface area contributed by atoms with Crippen LogP contribution in [0.25, 0.3) is 11.1 Å².